The van der Waals surface area contributed by atoms with Crippen molar-refractivity contribution in [3.63, 3.8) is 0 Å². The van der Waals surface area contributed by atoms with Gasteiger partial charge in [-0.05, 0) is 171 Å². The van der Waals surface area contributed by atoms with Crippen LogP contribution in [0.2, 0.25) is 0 Å². The van der Waals surface area contributed by atoms with Gasteiger partial charge in [0.25, 0.3) is 6.47 Å². The fourth-order valence-corrected chi connectivity index (χ4v) is 6.60. The third-order valence-corrected chi connectivity index (χ3v) is 10.8. The number of aryl methyl sites for hydroxylation is 4. The number of carbonyl (C=O) groups is 4. The first-order valence-corrected chi connectivity index (χ1v) is 27.8. The molecular formula is C60H81Br2F9K2N4O10. The van der Waals surface area contributed by atoms with Crippen LogP contribution in [-0.4, -0.2) is 108 Å². The number of hydrogen-bond donors (Lipinski definition) is 7. The third kappa shape index (κ3) is 59.4. The van der Waals surface area contributed by atoms with Gasteiger partial charge in [-0.2, -0.15) is 39.5 Å². The van der Waals surface area contributed by atoms with Gasteiger partial charge < -0.3 is 53.7 Å². The Morgan fingerprint density at radius 1 is 0.575 bits per heavy atom. The Kier molecular flexibility index (Phi) is 54.5. The minimum Gasteiger partial charge on any atom is -1.00 e. The monoisotopic (exact) mass is 1420 g/mol. The van der Waals surface area contributed by atoms with Gasteiger partial charge in [0.15, 0.2) is 0 Å². The van der Waals surface area contributed by atoms with Crippen LogP contribution in [-0.2, 0) is 54.5 Å². The van der Waals surface area contributed by atoms with Crippen molar-refractivity contribution in [1.29, 1.82) is 0 Å². The van der Waals surface area contributed by atoms with E-state index in [-0.39, 0.29) is 130 Å². The molecule has 0 saturated heterocycles. The molecule has 0 spiro atoms. The number of carbonyl (C=O) groups excluding carboxylic acids is 4. The maximum atomic E-state index is 12.0. The molecule has 2 amide bonds. The molecule has 0 fully saturated rings. The number of benzene rings is 4. The standard InChI is InChI=1S/C16H20F3NO2.C14H21NO.C11H11BrF3NO.C9H12BrN.C5H10O.C4H5F3O2.CH2O3.2K.H/c1-15(2,22)9-8-13-6-3-5-12(11-13)7-4-10-20-14(21)16(17,18)19;1-14(2,16)9-8-13-6-3-5-12(11-13)7-4-10-15;12-9-5-1-3-8(7-9)4-2-6-16-10(17)11(13,14)15;10-9-5-1-3-8(7-9)4-2-6-11;1-4-5(2,3)6;1-2-9-3(8)4(5,6)7;2-1-4-3;;;/h3,5-6,8-9,11,22H,4,7,10H2,1-2H3,(H,20,21);3,5-6,8-9,11,16H,4,7,10,15H2,1-2H3;1,3,5,7H,2,4,6H2,(H,16,17);1,3,5,7H,2,4,6,11H2;4,6H,1H2,2-3H3;2H2,1H3;1,3H;;;/q;;;;;;;2*+1;-1/p-1/b2*9-8+;;;;;;;;. The van der Waals surface area contributed by atoms with Crippen LogP contribution in [0, 0.1) is 0 Å². The second kappa shape index (κ2) is 50.9. The van der Waals surface area contributed by atoms with E-state index in [1.54, 1.807) is 59.8 Å². The number of alkyl halides is 9. The first kappa shape index (κ1) is 93.1. The van der Waals surface area contributed by atoms with Gasteiger partial charge in [0.05, 0.1) is 23.4 Å². The summed E-state index contributed by atoms with van der Waals surface area (Å²) in [5.74, 6) is -5.92. The van der Waals surface area contributed by atoms with Crippen LogP contribution in [0.1, 0.15) is 109 Å². The van der Waals surface area contributed by atoms with Gasteiger partial charge in [0.2, 0.25) is 0 Å². The molecule has 480 valence electrons. The average molecular weight is 1430 g/mol. The van der Waals surface area contributed by atoms with Crippen LogP contribution in [0.5, 0.6) is 0 Å². The number of hydrogen-bond acceptors (Lipinski definition) is 12. The summed E-state index contributed by atoms with van der Waals surface area (Å²) < 4.78 is 111. The van der Waals surface area contributed by atoms with E-state index in [0.717, 1.165) is 70.0 Å². The molecule has 14 nitrogen and oxygen atoms in total. The minimum atomic E-state index is -4.85. The zero-order valence-corrected chi connectivity index (χ0v) is 60.0. The van der Waals surface area contributed by atoms with Gasteiger partial charge in [-0.3, -0.25) is 14.4 Å². The summed E-state index contributed by atoms with van der Waals surface area (Å²) in [6.07, 6.45) is 0.455. The van der Waals surface area contributed by atoms with Crippen LogP contribution in [0.25, 0.3) is 12.2 Å². The molecular weight excluding hydrogens is 1350 g/mol. The van der Waals surface area contributed by atoms with E-state index in [1.165, 1.54) is 24.1 Å². The number of aliphatic hydroxyl groups is 3. The molecule has 0 bridgehead atoms. The Bertz CT molecular complexity index is 2580. The van der Waals surface area contributed by atoms with Crippen LogP contribution >= 0.6 is 31.9 Å². The van der Waals surface area contributed by atoms with E-state index in [0.29, 0.717) is 25.7 Å². The maximum Gasteiger partial charge on any atom is 1.00 e. The topological polar surface area (TPSA) is 247 Å². The Balaban J connectivity index is -0.000000233. The number of amides is 2. The normalized spacial score (nSPS) is 11.1. The SMILES string of the molecule is C=CC(C)(C)O.CC(C)(O)/C=C/c1cccc(CCCN)c1.CC(C)(O)/C=C/c1cccc(CCCNC(=O)C(F)(F)F)c1.CCOC(=O)C(F)(F)F.NCCCc1cccc(Br)c1.O=C(NCCCc1cccc(Br)c1)C(F)(F)F.O=CO[O-].[H-].[K+].[K+]. The van der Waals surface area contributed by atoms with E-state index in [4.69, 9.17) is 26.6 Å². The molecule has 0 radical (unpaired) electrons. The van der Waals surface area contributed by atoms with Crippen molar-refractivity contribution in [3.05, 3.63) is 164 Å². The number of rotatable bonds is 21. The molecule has 9 N–H and O–H groups in total. The van der Waals surface area contributed by atoms with Crippen LogP contribution in [0.4, 0.5) is 39.5 Å². The largest absolute Gasteiger partial charge is 1.00 e. The zero-order valence-electron chi connectivity index (χ0n) is 51.6. The Hall–Kier alpha value is -2.66. The molecule has 0 saturated carbocycles. The second-order valence-electron chi connectivity index (χ2n) is 19.5. The second-order valence-corrected chi connectivity index (χ2v) is 21.3. The summed E-state index contributed by atoms with van der Waals surface area (Å²) >= 11 is 6.72. The first-order valence-electron chi connectivity index (χ1n) is 26.2. The van der Waals surface area contributed by atoms with Crippen molar-refractivity contribution < 1.29 is 193 Å². The summed E-state index contributed by atoms with van der Waals surface area (Å²) in [6.45, 7) is 16.0. The molecule has 0 aromatic heterocycles. The molecule has 0 aliphatic rings. The number of nitrogens with two attached hydrogens (primary N) is 2. The summed E-state index contributed by atoms with van der Waals surface area (Å²) in [7, 11) is 0. The van der Waals surface area contributed by atoms with Crippen molar-refractivity contribution in [2.45, 2.75) is 135 Å². The van der Waals surface area contributed by atoms with Crippen LogP contribution in [0.3, 0.4) is 0 Å². The van der Waals surface area contributed by atoms with Crippen LogP contribution in [0.15, 0.2) is 131 Å². The smallest absolute Gasteiger partial charge is 1.00 e. The predicted molar refractivity (Wildman–Crippen MR) is 319 cm³/mol. The fourth-order valence-electron chi connectivity index (χ4n) is 5.70. The molecule has 27 heteroatoms. The van der Waals surface area contributed by atoms with Crippen molar-refractivity contribution in [2.24, 2.45) is 11.5 Å². The van der Waals surface area contributed by atoms with Crippen molar-refractivity contribution in [1.82, 2.24) is 10.6 Å². The minimum absolute atomic E-state index is 0. The molecule has 0 aliphatic carbocycles. The molecule has 0 aliphatic heterocycles. The molecule has 0 heterocycles. The summed E-state index contributed by atoms with van der Waals surface area (Å²) in [5.41, 5.74) is 15.2. The number of nitrogens with one attached hydrogen (secondary N) is 2. The van der Waals surface area contributed by atoms with Gasteiger partial charge >= 0.3 is 139 Å². The quantitative estimate of drug-likeness (QED) is 0.00805. The summed E-state index contributed by atoms with van der Waals surface area (Å²) in [5, 5.41) is 40.0. The van der Waals surface area contributed by atoms with E-state index in [2.05, 4.69) is 78.4 Å². The zero-order chi connectivity index (χ0) is 65.9. The van der Waals surface area contributed by atoms with Gasteiger partial charge in [-0.1, -0.05) is 135 Å². The van der Waals surface area contributed by atoms with Crippen LogP contribution < -0.4 is 130 Å². The third-order valence-electron chi connectivity index (χ3n) is 9.80. The Morgan fingerprint density at radius 3 is 1.10 bits per heavy atom. The first-order chi connectivity index (χ1) is 39.3. The number of halogens is 11. The summed E-state index contributed by atoms with van der Waals surface area (Å²) in [6, 6.07) is 31.6. The molecule has 87 heavy (non-hydrogen) atoms. The van der Waals surface area contributed by atoms with Crippen molar-refractivity contribution in [2.75, 3.05) is 32.8 Å². The van der Waals surface area contributed by atoms with Gasteiger partial charge in [-0.15, -0.1) is 6.58 Å². The van der Waals surface area contributed by atoms with Gasteiger partial charge in [0, 0.05) is 22.0 Å². The van der Waals surface area contributed by atoms with Gasteiger partial charge in [0.1, 0.15) is 0 Å². The average Bonchev–Trinajstić information content (AvgIpc) is 3.51. The number of ether oxygens (including phenoxy) is 1. The van der Waals surface area contributed by atoms with E-state index in [9.17, 15) is 64.1 Å². The van der Waals surface area contributed by atoms with E-state index < -0.39 is 53.1 Å². The molecule has 0 unspecified atom stereocenters. The predicted octanol–water partition coefficient (Wildman–Crippen LogP) is 5.45. The number of esters is 1. The molecule has 0 atom stereocenters. The molecule has 4 aromatic rings. The molecule has 4 rings (SSSR count). The van der Waals surface area contributed by atoms with Crippen molar-refractivity contribution >= 4 is 68.3 Å². The Labute approximate surface area is 608 Å². The van der Waals surface area contributed by atoms with Gasteiger partial charge in [-0.25, -0.2) is 4.79 Å². The fraction of sp³-hybridized carbons (Fsp3) is 0.433. The van der Waals surface area contributed by atoms with Crippen molar-refractivity contribution in [3.8, 4) is 0 Å². The molecule has 4 aromatic carbocycles. The maximum absolute atomic E-state index is 12.0. The Morgan fingerprint density at radius 2 is 0.874 bits per heavy atom. The van der Waals surface area contributed by atoms with E-state index in [1.807, 2.05) is 83.4 Å². The van der Waals surface area contributed by atoms with E-state index >= 15 is 0 Å². The summed E-state index contributed by atoms with van der Waals surface area (Å²) in [4.78, 5) is 42.1.